The van der Waals surface area contributed by atoms with Gasteiger partial charge in [0.1, 0.15) is 11.9 Å². The van der Waals surface area contributed by atoms with Crippen molar-refractivity contribution in [2.75, 3.05) is 24.7 Å². The topological polar surface area (TPSA) is 41.6 Å². The van der Waals surface area contributed by atoms with E-state index in [9.17, 15) is 4.79 Å². The molecule has 0 aliphatic carbocycles. The molecule has 3 rings (SSSR count). The third-order valence-corrected chi connectivity index (χ3v) is 4.82. The Labute approximate surface area is 147 Å². The number of nitrogens with one attached hydrogen (secondary N) is 1. The summed E-state index contributed by atoms with van der Waals surface area (Å²) in [5.41, 5.74) is 0.842. The second kappa shape index (κ2) is 8.11. The van der Waals surface area contributed by atoms with E-state index in [4.69, 9.17) is 4.74 Å². The van der Waals surface area contributed by atoms with Gasteiger partial charge in [-0.3, -0.25) is 0 Å². The molecule has 24 heavy (non-hydrogen) atoms. The molecule has 1 fully saturated rings. The first-order valence-corrected chi connectivity index (χ1v) is 9.39. The van der Waals surface area contributed by atoms with E-state index >= 15 is 0 Å². The highest BCUT2D eigenvalue weighted by Crippen LogP contribution is 2.21. The van der Waals surface area contributed by atoms with Gasteiger partial charge in [-0.2, -0.15) is 0 Å². The summed E-state index contributed by atoms with van der Waals surface area (Å²) < 4.78 is 5.97. The number of thioether (sulfide) groups is 1. The lowest BCUT2D eigenvalue weighted by Crippen LogP contribution is -2.43. The minimum atomic E-state index is -0.0357. The lowest BCUT2D eigenvalue weighted by molar-refractivity contribution is 0.115. The van der Waals surface area contributed by atoms with Crippen LogP contribution in [0.3, 0.4) is 0 Å². The second-order valence-electron chi connectivity index (χ2n) is 5.78. The van der Waals surface area contributed by atoms with Gasteiger partial charge < -0.3 is 15.0 Å². The molecule has 126 valence electrons. The van der Waals surface area contributed by atoms with Gasteiger partial charge in [-0.1, -0.05) is 24.3 Å². The van der Waals surface area contributed by atoms with Crippen molar-refractivity contribution in [1.29, 1.82) is 0 Å². The Morgan fingerprint density at radius 3 is 2.58 bits per heavy atom. The number of hydrogen-bond acceptors (Lipinski definition) is 3. The van der Waals surface area contributed by atoms with E-state index in [1.807, 2.05) is 65.8 Å². The molecule has 0 unspecified atom stereocenters. The van der Waals surface area contributed by atoms with Crippen molar-refractivity contribution in [1.82, 2.24) is 4.90 Å². The highest BCUT2D eigenvalue weighted by Gasteiger charge is 2.24. The molecule has 5 heteroatoms. The van der Waals surface area contributed by atoms with E-state index in [1.165, 1.54) is 0 Å². The number of piperidine rings is 1. The monoisotopic (exact) mass is 342 g/mol. The Balaban J connectivity index is 1.49. The first-order chi connectivity index (χ1) is 11.7. The predicted octanol–water partition coefficient (Wildman–Crippen LogP) is 4.48. The van der Waals surface area contributed by atoms with Crippen LogP contribution in [0, 0.1) is 0 Å². The fraction of sp³-hybridized carbons (Fsp3) is 0.316. The van der Waals surface area contributed by atoms with Crippen molar-refractivity contribution in [3.8, 4) is 5.75 Å². The van der Waals surface area contributed by atoms with Gasteiger partial charge in [-0.15, -0.1) is 11.8 Å². The van der Waals surface area contributed by atoms with Crippen molar-refractivity contribution in [3.05, 3.63) is 54.6 Å². The number of para-hydroxylation sites is 1. The Hall–Kier alpha value is -2.14. The number of carbonyl (C=O) groups excluding carboxylic acids is 1. The number of rotatable bonds is 4. The molecule has 0 bridgehead atoms. The SMILES string of the molecule is CSc1cccc(NC(=O)N2CCC(Oc3ccccc3)CC2)c1. The summed E-state index contributed by atoms with van der Waals surface area (Å²) in [6.07, 6.45) is 3.91. The largest absolute Gasteiger partial charge is 0.490 e. The number of likely N-dealkylation sites (tertiary alicyclic amines) is 1. The van der Waals surface area contributed by atoms with Crippen molar-refractivity contribution in [2.24, 2.45) is 0 Å². The number of ether oxygens (including phenoxy) is 1. The molecule has 2 aromatic carbocycles. The normalized spacial score (nSPS) is 15.1. The molecular weight excluding hydrogens is 320 g/mol. The maximum atomic E-state index is 12.4. The van der Waals surface area contributed by atoms with Gasteiger partial charge in [0.05, 0.1) is 0 Å². The Bertz CT molecular complexity index is 670. The van der Waals surface area contributed by atoms with Gasteiger partial charge in [0.2, 0.25) is 0 Å². The molecule has 1 aliphatic heterocycles. The molecule has 0 aromatic heterocycles. The molecule has 0 atom stereocenters. The predicted molar refractivity (Wildman–Crippen MR) is 98.9 cm³/mol. The van der Waals surface area contributed by atoms with Gasteiger partial charge in [0.15, 0.2) is 0 Å². The Morgan fingerprint density at radius 1 is 1.12 bits per heavy atom. The molecule has 2 aromatic rings. The number of benzene rings is 2. The van der Waals surface area contributed by atoms with Crippen LogP contribution in [0.25, 0.3) is 0 Å². The minimum absolute atomic E-state index is 0.0357. The number of carbonyl (C=O) groups is 1. The highest BCUT2D eigenvalue weighted by atomic mass is 32.2. The second-order valence-corrected chi connectivity index (χ2v) is 6.66. The van der Waals surface area contributed by atoms with Crippen LogP contribution in [-0.2, 0) is 0 Å². The van der Waals surface area contributed by atoms with Crippen LogP contribution in [0.2, 0.25) is 0 Å². The van der Waals surface area contributed by atoms with Crippen LogP contribution in [0.4, 0.5) is 10.5 Å². The molecule has 4 nitrogen and oxygen atoms in total. The van der Waals surface area contributed by atoms with Crippen molar-refractivity contribution >= 4 is 23.5 Å². The summed E-state index contributed by atoms with van der Waals surface area (Å²) in [5, 5.41) is 2.98. The zero-order valence-electron chi connectivity index (χ0n) is 13.8. The summed E-state index contributed by atoms with van der Waals surface area (Å²) in [7, 11) is 0. The quantitative estimate of drug-likeness (QED) is 0.833. The van der Waals surface area contributed by atoms with Crippen LogP contribution < -0.4 is 10.1 Å². The van der Waals surface area contributed by atoms with E-state index < -0.39 is 0 Å². The Kier molecular flexibility index (Phi) is 5.64. The molecule has 1 N–H and O–H groups in total. The number of amides is 2. The molecule has 2 amide bonds. The first-order valence-electron chi connectivity index (χ1n) is 8.16. The van der Waals surface area contributed by atoms with Crippen molar-refractivity contribution in [2.45, 2.75) is 23.8 Å². The van der Waals surface area contributed by atoms with Gasteiger partial charge in [0.25, 0.3) is 0 Å². The van der Waals surface area contributed by atoms with Crippen LogP contribution in [0.5, 0.6) is 5.75 Å². The number of urea groups is 1. The molecule has 0 radical (unpaired) electrons. The van der Waals surface area contributed by atoms with Crippen LogP contribution >= 0.6 is 11.8 Å². The Morgan fingerprint density at radius 2 is 1.88 bits per heavy atom. The fourth-order valence-corrected chi connectivity index (χ4v) is 3.23. The summed E-state index contributed by atoms with van der Waals surface area (Å²) in [6, 6.07) is 17.7. The lowest BCUT2D eigenvalue weighted by Gasteiger charge is -2.32. The molecule has 1 aliphatic rings. The van der Waals surface area contributed by atoms with E-state index in [2.05, 4.69) is 5.32 Å². The maximum Gasteiger partial charge on any atom is 0.321 e. The van der Waals surface area contributed by atoms with E-state index in [0.29, 0.717) is 13.1 Å². The van der Waals surface area contributed by atoms with Crippen LogP contribution in [-0.4, -0.2) is 36.4 Å². The summed E-state index contributed by atoms with van der Waals surface area (Å²) in [5.74, 6) is 0.897. The van der Waals surface area contributed by atoms with Gasteiger partial charge >= 0.3 is 6.03 Å². The molecule has 1 heterocycles. The van der Waals surface area contributed by atoms with Gasteiger partial charge in [-0.05, 0) is 36.6 Å². The number of hydrogen-bond donors (Lipinski definition) is 1. The van der Waals surface area contributed by atoms with Crippen molar-refractivity contribution < 1.29 is 9.53 Å². The smallest absolute Gasteiger partial charge is 0.321 e. The fourth-order valence-electron chi connectivity index (χ4n) is 2.77. The lowest BCUT2D eigenvalue weighted by atomic mass is 10.1. The van der Waals surface area contributed by atoms with E-state index in [1.54, 1.807) is 11.8 Å². The average molecular weight is 342 g/mol. The summed E-state index contributed by atoms with van der Waals surface area (Å²) in [4.78, 5) is 15.4. The first kappa shape index (κ1) is 16.7. The summed E-state index contributed by atoms with van der Waals surface area (Å²) in [6.45, 7) is 1.43. The standard InChI is InChI=1S/C19H22N2O2S/c1-24-18-9-5-6-15(14-18)20-19(22)21-12-10-17(11-13-21)23-16-7-3-2-4-8-16/h2-9,14,17H,10-13H2,1H3,(H,20,22). The summed E-state index contributed by atoms with van der Waals surface area (Å²) >= 11 is 1.67. The highest BCUT2D eigenvalue weighted by molar-refractivity contribution is 7.98. The van der Waals surface area contributed by atoms with Crippen LogP contribution in [0.15, 0.2) is 59.5 Å². The molecular formula is C19H22N2O2S. The molecule has 1 saturated heterocycles. The van der Waals surface area contributed by atoms with E-state index in [-0.39, 0.29) is 12.1 Å². The van der Waals surface area contributed by atoms with Crippen LogP contribution in [0.1, 0.15) is 12.8 Å². The average Bonchev–Trinajstić information content (AvgIpc) is 2.63. The van der Waals surface area contributed by atoms with E-state index in [0.717, 1.165) is 29.2 Å². The molecule has 0 saturated carbocycles. The number of anilines is 1. The maximum absolute atomic E-state index is 12.4. The third-order valence-electron chi connectivity index (χ3n) is 4.10. The van der Waals surface area contributed by atoms with Crippen molar-refractivity contribution in [3.63, 3.8) is 0 Å². The molecule has 0 spiro atoms. The minimum Gasteiger partial charge on any atom is -0.490 e. The third kappa shape index (κ3) is 4.45. The zero-order chi connectivity index (χ0) is 16.8. The van der Waals surface area contributed by atoms with Gasteiger partial charge in [-0.25, -0.2) is 4.79 Å². The number of nitrogens with zero attached hydrogens (tertiary/aromatic N) is 1. The van der Waals surface area contributed by atoms with Gasteiger partial charge in [0, 0.05) is 36.5 Å². The zero-order valence-corrected chi connectivity index (χ0v) is 14.6.